The van der Waals surface area contributed by atoms with E-state index in [-0.39, 0.29) is 24.2 Å². The maximum Gasteiger partial charge on any atom is 0.157 e. The van der Waals surface area contributed by atoms with Gasteiger partial charge in [-0.25, -0.2) is 12.8 Å². The molecule has 1 N–H and O–H groups in total. The van der Waals surface area contributed by atoms with Crippen molar-refractivity contribution in [3.63, 3.8) is 0 Å². The first-order chi connectivity index (χ1) is 9.00. The number of anilines is 1. The Hall–Kier alpha value is -1.14. The molecule has 6 heteroatoms. The van der Waals surface area contributed by atoms with E-state index in [9.17, 15) is 12.8 Å². The number of benzene rings is 1. The standard InChI is InChI=1S/C13H18FNO3S/c1-10-13(6-8-18-10)19(16,17)9-7-15-12-5-3-2-4-11(12)14/h2-5,10,13,15H,6-9H2,1H3. The summed E-state index contributed by atoms with van der Waals surface area (Å²) >= 11 is 0. The topological polar surface area (TPSA) is 55.4 Å². The number of rotatable bonds is 5. The molecule has 0 spiro atoms. The van der Waals surface area contributed by atoms with Crippen LogP contribution >= 0.6 is 0 Å². The quantitative estimate of drug-likeness (QED) is 0.897. The number of nitrogens with one attached hydrogen (secondary N) is 1. The summed E-state index contributed by atoms with van der Waals surface area (Å²) < 4.78 is 42.8. The average molecular weight is 287 g/mol. The lowest BCUT2D eigenvalue weighted by molar-refractivity contribution is 0.126. The van der Waals surface area contributed by atoms with E-state index in [0.717, 1.165) is 0 Å². The molecule has 2 unspecified atom stereocenters. The van der Waals surface area contributed by atoms with E-state index in [4.69, 9.17) is 4.74 Å². The monoisotopic (exact) mass is 287 g/mol. The van der Waals surface area contributed by atoms with Crippen LogP contribution in [0.15, 0.2) is 24.3 Å². The van der Waals surface area contributed by atoms with Gasteiger partial charge in [-0.1, -0.05) is 12.1 Å². The normalized spacial score (nSPS) is 23.5. The largest absolute Gasteiger partial charge is 0.382 e. The van der Waals surface area contributed by atoms with Crippen molar-refractivity contribution >= 4 is 15.5 Å². The Morgan fingerprint density at radius 3 is 2.79 bits per heavy atom. The van der Waals surface area contributed by atoms with Gasteiger partial charge in [-0.3, -0.25) is 0 Å². The van der Waals surface area contributed by atoms with Gasteiger partial charge in [0.2, 0.25) is 0 Å². The molecule has 1 aromatic carbocycles. The predicted octanol–water partition coefficient (Wildman–Crippen LogP) is 1.83. The highest BCUT2D eigenvalue weighted by Crippen LogP contribution is 2.21. The molecule has 1 aromatic rings. The lowest BCUT2D eigenvalue weighted by atomic mass is 10.3. The van der Waals surface area contributed by atoms with Crippen molar-refractivity contribution in [1.29, 1.82) is 0 Å². The zero-order chi connectivity index (χ0) is 13.9. The first kappa shape index (κ1) is 14.3. The summed E-state index contributed by atoms with van der Waals surface area (Å²) in [4.78, 5) is 0. The fourth-order valence-corrected chi connectivity index (χ4v) is 4.07. The van der Waals surface area contributed by atoms with E-state index in [1.54, 1.807) is 25.1 Å². The third-order valence-corrected chi connectivity index (χ3v) is 5.66. The van der Waals surface area contributed by atoms with Gasteiger partial charge in [0, 0.05) is 13.2 Å². The van der Waals surface area contributed by atoms with Crippen LogP contribution in [-0.4, -0.2) is 38.7 Å². The van der Waals surface area contributed by atoms with Crippen molar-refractivity contribution < 1.29 is 17.5 Å². The van der Waals surface area contributed by atoms with Gasteiger partial charge in [0.1, 0.15) is 5.82 Å². The molecule has 0 amide bonds. The highest BCUT2D eigenvalue weighted by molar-refractivity contribution is 7.92. The van der Waals surface area contributed by atoms with Gasteiger partial charge in [-0.05, 0) is 25.5 Å². The second kappa shape index (κ2) is 5.88. The second-order valence-corrected chi connectivity index (χ2v) is 7.02. The molecular weight excluding hydrogens is 269 g/mol. The van der Waals surface area contributed by atoms with E-state index in [0.29, 0.717) is 18.7 Å². The second-order valence-electron chi connectivity index (χ2n) is 4.68. The number of hydrogen-bond acceptors (Lipinski definition) is 4. The van der Waals surface area contributed by atoms with Crippen molar-refractivity contribution in [2.75, 3.05) is 24.2 Å². The van der Waals surface area contributed by atoms with Crippen LogP contribution in [0.4, 0.5) is 10.1 Å². The maximum absolute atomic E-state index is 13.3. The van der Waals surface area contributed by atoms with Gasteiger partial charge in [-0.15, -0.1) is 0 Å². The Morgan fingerprint density at radius 1 is 1.42 bits per heavy atom. The van der Waals surface area contributed by atoms with Crippen LogP contribution in [0.5, 0.6) is 0 Å². The molecule has 2 atom stereocenters. The summed E-state index contributed by atoms with van der Waals surface area (Å²) in [6.45, 7) is 2.47. The van der Waals surface area contributed by atoms with Gasteiger partial charge in [0.25, 0.3) is 0 Å². The van der Waals surface area contributed by atoms with Crippen molar-refractivity contribution in [2.45, 2.75) is 24.7 Å². The van der Waals surface area contributed by atoms with E-state index in [1.165, 1.54) is 6.07 Å². The molecule has 2 rings (SSSR count). The van der Waals surface area contributed by atoms with Crippen molar-refractivity contribution in [2.24, 2.45) is 0 Å². The van der Waals surface area contributed by atoms with Gasteiger partial charge in [0.15, 0.2) is 9.84 Å². The molecule has 1 aliphatic heterocycles. The fourth-order valence-electron chi connectivity index (χ4n) is 2.27. The zero-order valence-electron chi connectivity index (χ0n) is 10.8. The minimum Gasteiger partial charge on any atom is -0.382 e. The average Bonchev–Trinajstić information content (AvgIpc) is 2.79. The number of hydrogen-bond donors (Lipinski definition) is 1. The molecule has 0 aliphatic carbocycles. The lowest BCUT2D eigenvalue weighted by Crippen LogP contribution is -2.32. The summed E-state index contributed by atoms with van der Waals surface area (Å²) in [6.07, 6.45) is 0.293. The maximum atomic E-state index is 13.3. The molecule has 1 heterocycles. The van der Waals surface area contributed by atoms with Crippen LogP contribution in [0.1, 0.15) is 13.3 Å². The molecule has 1 saturated heterocycles. The van der Waals surface area contributed by atoms with Crippen molar-refractivity contribution in [1.82, 2.24) is 0 Å². The summed E-state index contributed by atoms with van der Waals surface area (Å²) in [7, 11) is -3.20. The van der Waals surface area contributed by atoms with Crippen LogP contribution in [-0.2, 0) is 14.6 Å². The summed E-state index contributed by atoms with van der Waals surface area (Å²) in [5, 5.41) is 2.38. The molecule has 19 heavy (non-hydrogen) atoms. The van der Waals surface area contributed by atoms with Crippen LogP contribution in [0.25, 0.3) is 0 Å². The van der Waals surface area contributed by atoms with Crippen LogP contribution in [0.3, 0.4) is 0 Å². The summed E-state index contributed by atoms with van der Waals surface area (Å²) in [5.41, 5.74) is 0.327. The Morgan fingerprint density at radius 2 is 2.16 bits per heavy atom. The predicted molar refractivity (Wildman–Crippen MR) is 72.5 cm³/mol. The number of sulfone groups is 1. The lowest BCUT2D eigenvalue weighted by Gasteiger charge is -2.15. The molecule has 106 valence electrons. The third kappa shape index (κ3) is 3.45. The molecule has 0 aromatic heterocycles. The van der Waals surface area contributed by atoms with Crippen molar-refractivity contribution in [3.05, 3.63) is 30.1 Å². The Balaban J connectivity index is 1.90. The zero-order valence-corrected chi connectivity index (χ0v) is 11.6. The molecule has 0 radical (unpaired) electrons. The van der Waals surface area contributed by atoms with Gasteiger partial charge in [-0.2, -0.15) is 0 Å². The van der Waals surface area contributed by atoms with E-state index >= 15 is 0 Å². The van der Waals surface area contributed by atoms with E-state index in [2.05, 4.69) is 5.32 Å². The van der Waals surface area contributed by atoms with Crippen LogP contribution < -0.4 is 5.32 Å². The third-order valence-electron chi connectivity index (χ3n) is 3.34. The first-order valence-corrected chi connectivity index (χ1v) is 8.04. The molecule has 1 fully saturated rings. The van der Waals surface area contributed by atoms with Crippen molar-refractivity contribution in [3.8, 4) is 0 Å². The SMILES string of the molecule is CC1OCCC1S(=O)(=O)CCNc1ccccc1F. The van der Waals surface area contributed by atoms with E-state index < -0.39 is 15.1 Å². The number of ether oxygens (including phenoxy) is 1. The Labute approximate surface area is 112 Å². The first-order valence-electron chi connectivity index (χ1n) is 6.32. The summed E-state index contributed by atoms with van der Waals surface area (Å²) in [6, 6.07) is 6.22. The summed E-state index contributed by atoms with van der Waals surface area (Å²) in [5.74, 6) is -0.392. The highest BCUT2D eigenvalue weighted by atomic mass is 32.2. The Bertz CT molecular complexity index is 532. The minimum atomic E-state index is -3.20. The van der Waals surface area contributed by atoms with E-state index in [1.807, 2.05) is 0 Å². The fraction of sp³-hybridized carbons (Fsp3) is 0.538. The van der Waals surface area contributed by atoms with Crippen LogP contribution in [0, 0.1) is 5.82 Å². The molecule has 0 bridgehead atoms. The Kier molecular flexibility index (Phi) is 4.42. The molecular formula is C13H18FNO3S. The van der Waals surface area contributed by atoms with Gasteiger partial charge >= 0.3 is 0 Å². The minimum absolute atomic E-state index is 0.0142. The molecule has 0 saturated carbocycles. The molecule has 4 nitrogen and oxygen atoms in total. The number of halogens is 1. The van der Waals surface area contributed by atoms with Crippen LogP contribution in [0.2, 0.25) is 0 Å². The smallest absolute Gasteiger partial charge is 0.157 e. The highest BCUT2D eigenvalue weighted by Gasteiger charge is 2.35. The van der Waals surface area contributed by atoms with Gasteiger partial charge < -0.3 is 10.1 Å². The number of para-hydroxylation sites is 1. The van der Waals surface area contributed by atoms with Gasteiger partial charge in [0.05, 0.1) is 22.8 Å². The molecule has 1 aliphatic rings.